The van der Waals surface area contributed by atoms with Gasteiger partial charge in [0.1, 0.15) is 5.69 Å². The van der Waals surface area contributed by atoms with Crippen LogP contribution < -0.4 is 5.32 Å². The van der Waals surface area contributed by atoms with Gasteiger partial charge in [0.25, 0.3) is 5.91 Å². The molecular formula is C26H32N4O3. The number of carbonyl (C=O) groups is 2. The summed E-state index contributed by atoms with van der Waals surface area (Å²) in [7, 11) is 0. The summed E-state index contributed by atoms with van der Waals surface area (Å²) in [6.45, 7) is 5.74. The first-order valence-corrected chi connectivity index (χ1v) is 12.0. The van der Waals surface area contributed by atoms with Gasteiger partial charge in [-0.25, -0.2) is 0 Å². The van der Waals surface area contributed by atoms with E-state index < -0.39 is 0 Å². The van der Waals surface area contributed by atoms with Crippen molar-refractivity contribution in [3.63, 3.8) is 0 Å². The third-order valence-corrected chi connectivity index (χ3v) is 7.29. The quantitative estimate of drug-likeness (QED) is 0.704. The second kappa shape index (κ2) is 10.0. The smallest absolute Gasteiger partial charge is 0.272 e. The first-order chi connectivity index (χ1) is 16.2. The Balaban J connectivity index is 1.15. The lowest BCUT2D eigenvalue weighted by Crippen LogP contribution is -2.37. The predicted octanol–water partition coefficient (Wildman–Crippen LogP) is 2.37. The third kappa shape index (κ3) is 5.09. The normalized spacial score (nSPS) is 25.7. The van der Waals surface area contributed by atoms with Crippen LogP contribution in [0.4, 0.5) is 0 Å². The number of fused-ring (bicyclic) bond motifs is 1. The number of carbonyl (C=O) groups excluding carboxylic acids is 2. The monoisotopic (exact) mass is 448 g/mol. The van der Waals surface area contributed by atoms with Crippen LogP contribution in [0.25, 0.3) is 0 Å². The van der Waals surface area contributed by atoms with Gasteiger partial charge in [-0.15, -0.1) is 0 Å². The molecule has 1 aromatic heterocycles. The zero-order valence-corrected chi connectivity index (χ0v) is 18.9. The van der Waals surface area contributed by atoms with Gasteiger partial charge in [-0.3, -0.25) is 14.6 Å². The molecule has 7 heteroatoms. The molecule has 7 nitrogen and oxygen atoms in total. The van der Waals surface area contributed by atoms with Crippen molar-refractivity contribution in [2.75, 3.05) is 45.9 Å². The lowest BCUT2D eigenvalue weighted by atomic mass is 10.0. The lowest BCUT2D eigenvalue weighted by Gasteiger charge is -2.25. The maximum absolute atomic E-state index is 12.8. The van der Waals surface area contributed by atoms with E-state index in [1.807, 2.05) is 35.2 Å². The van der Waals surface area contributed by atoms with Crippen molar-refractivity contribution in [3.8, 4) is 0 Å². The van der Waals surface area contributed by atoms with Crippen molar-refractivity contribution in [2.45, 2.75) is 18.9 Å². The number of rotatable bonds is 7. The zero-order valence-electron chi connectivity index (χ0n) is 18.9. The minimum Gasteiger partial charge on any atom is -0.381 e. The Morgan fingerprint density at radius 3 is 2.45 bits per heavy atom. The molecule has 0 radical (unpaired) electrons. The van der Waals surface area contributed by atoms with Gasteiger partial charge in [0.05, 0.1) is 18.6 Å². The summed E-state index contributed by atoms with van der Waals surface area (Å²) in [5.74, 6) is 1.13. The second-order valence-corrected chi connectivity index (χ2v) is 9.53. The summed E-state index contributed by atoms with van der Waals surface area (Å²) < 4.78 is 5.40. The van der Waals surface area contributed by atoms with Crippen LogP contribution in [0.15, 0.2) is 54.7 Å². The number of hydrogen-bond donors (Lipinski definition) is 1. The Labute approximate surface area is 195 Å². The molecule has 174 valence electrons. The van der Waals surface area contributed by atoms with Crippen LogP contribution in [-0.4, -0.2) is 72.5 Å². The molecule has 3 saturated heterocycles. The third-order valence-electron chi connectivity index (χ3n) is 7.29. The highest BCUT2D eigenvalue weighted by Crippen LogP contribution is 2.32. The van der Waals surface area contributed by atoms with Gasteiger partial charge < -0.3 is 19.9 Å². The van der Waals surface area contributed by atoms with Gasteiger partial charge in [0.2, 0.25) is 5.91 Å². The summed E-state index contributed by atoms with van der Waals surface area (Å²) in [4.78, 5) is 34.2. The van der Waals surface area contributed by atoms with Gasteiger partial charge in [-0.1, -0.05) is 36.4 Å². The molecule has 1 N–H and O–H groups in total. The Bertz CT molecular complexity index is 935. The average Bonchev–Trinajstić information content (AvgIpc) is 3.59. The minimum atomic E-state index is -0.0371. The molecule has 3 unspecified atom stereocenters. The molecule has 4 heterocycles. The average molecular weight is 449 g/mol. The maximum atomic E-state index is 12.8. The Hall–Kier alpha value is -2.77. The fraction of sp³-hybridized carbons (Fsp3) is 0.500. The molecule has 4 atom stereocenters. The SMILES string of the molecule is O=C(N[C@@H](CCN1CC2CN(C(=O)c3ccccn3)CC2C1)c1ccccc1)C1CCOC1. The van der Waals surface area contributed by atoms with Crippen molar-refractivity contribution in [3.05, 3.63) is 66.0 Å². The highest BCUT2D eigenvalue weighted by molar-refractivity contribution is 5.92. The molecule has 0 aliphatic carbocycles. The molecule has 33 heavy (non-hydrogen) atoms. The predicted molar refractivity (Wildman–Crippen MR) is 124 cm³/mol. The van der Waals surface area contributed by atoms with Crippen molar-refractivity contribution < 1.29 is 14.3 Å². The number of amides is 2. The second-order valence-electron chi connectivity index (χ2n) is 9.53. The summed E-state index contributed by atoms with van der Waals surface area (Å²) in [6.07, 6.45) is 3.35. The fourth-order valence-corrected chi connectivity index (χ4v) is 5.44. The number of nitrogens with zero attached hydrogens (tertiary/aromatic N) is 3. The largest absolute Gasteiger partial charge is 0.381 e. The van der Waals surface area contributed by atoms with Crippen molar-refractivity contribution in [1.82, 2.24) is 20.1 Å². The van der Waals surface area contributed by atoms with E-state index in [1.165, 1.54) is 0 Å². The summed E-state index contributed by atoms with van der Waals surface area (Å²) in [5.41, 5.74) is 1.68. The summed E-state index contributed by atoms with van der Waals surface area (Å²) in [6, 6.07) is 15.7. The fourth-order valence-electron chi connectivity index (χ4n) is 5.44. The Morgan fingerprint density at radius 1 is 1.03 bits per heavy atom. The van der Waals surface area contributed by atoms with E-state index in [-0.39, 0.29) is 23.8 Å². The van der Waals surface area contributed by atoms with Crippen LogP contribution in [0.3, 0.4) is 0 Å². The number of aromatic nitrogens is 1. The Kier molecular flexibility index (Phi) is 6.69. The van der Waals surface area contributed by atoms with E-state index in [4.69, 9.17) is 4.74 Å². The number of likely N-dealkylation sites (tertiary alicyclic amines) is 2. The maximum Gasteiger partial charge on any atom is 0.272 e. The van der Waals surface area contributed by atoms with Gasteiger partial charge >= 0.3 is 0 Å². The molecule has 0 bridgehead atoms. The number of nitrogens with one attached hydrogen (secondary N) is 1. The van der Waals surface area contributed by atoms with Gasteiger partial charge in [-0.2, -0.15) is 0 Å². The van der Waals surface area contributed by atoms with Gasteiger partial charge in [0, 0.05) is 45.5 Å². The standard InChI is InChI=1S/C26H32N4O3/c31-25(20-10-13-33-18-20)28-23(19-6-2-1-3-7-19)9-12-29-14-21-16-30(17-22(21)15-29)26(32)24-8-4-5-11-27-24/h1-8,11,20-23H,9-10,12-18H2,(H,28,31)/t20?,21?,22?,23-/m0/s1. The van der Waals surface area contributed by atoms with Crippen LogP contribution in [-0.2, 0) is 9.53 Å². The molecule has 3 aliphatic heterocycles. The zero-order chi connectivity index (χ0) is 22.6. The molecule has 0 spiro atoms. The first-order valence-electron chi connectivity index (χ1n) is 12.0. The van der Waals surface area contributed by atoms with Crippen molar-refractivity contribution in [2.24, 2.45) is 17.8 Å². The van der Waals surface area contributed by atoms with Crippen LogP contribution in [0.2, 0.25) is 0 Å². The van der Waals surface area contributed by atoms with Crippen molar-refractivity contribution >= 4 is 11.8 Å². The van der Waals surface area contributed by atoms with E-state index in [1.54, 1.807) is 12.3 Å². The van der Waals surface area contributed by atoms with Crippen LogP contribution in [0.1, 0.15) is 34.9 Å². The van der Waals surface area contributed by atoms with E-state index >= 15 is 0 Å². The molecular weight excluding hydrogens is 416 g/mol. The molecule has 2 aromatic rings. The molecule has 2 amide bonds. The number of hydrogen-bond acceptors (Lipinski definition) is 5. The highest BCUT2D eigenvalue weighted by atomic mass is 16.5. The van der Waals surface area contributed by atoms with Crippen LogP contribution in [0.5, 0.6) is 0 Å². The van der Waals surface area contributed by atoms with Gasteiger partial charge in [-0.05, 0) is 42.4 Å². The molecule has 0 saturated carbocycles. The topological polar surface area (TPSA) is 74.8 Å². The number of pyridine rings is 1. The summed E-state index contributed by atoms with van der Waals surface area (Å²) >= 11 is 0. The molecule has 1 aromatic carbocycles. The number of benzene rings is 1. The van der Waals surface area contributed by atoms with Crippen molar-refractivity contribution in [1.29, 1.82) is 0 Å². The van der Waals surface area contributed by atoms with Crippen LogP contribution in [0, 0.1) is 17.8 Å². The number of ether oxygens (including phenoxy) is 1. The van der Waals surface area contributed by atoms with E-state index in [2.05, 4.69) is 27.3 Å². The summed E-state index contributed by atoms with van der Waals surface area (Å²) in [5, 5.41) is 3.28. The van der Waals surface area contributed by atoms with E-state index in [0.29, 0.717) is 30.7 Å². The highest BCUT2D eigenvalue weighted by Gasteiger charge is 2.41. The Morgan fingerprint density at radius 2 is 1.79 bits per heavy atom. The van der Waals surface area contributed by atoms with E-state index in [9.17, 15) is 9.59 Å². The van der Waals surface area contributed by atoms with Crippen LogP contribution >= 0.6 is 0 Å². The molecule has 3 aliphatic rings. The first kappa shape index (κ1) is 22.0. The van der Waals surface area contributed by atoms with E-state index in [0.717, 1.165) is 51.1 Å². The molecule has 5 rings (SSSR count). The van der Waals surface area contributed by atoms with Gasteiger partial charge in [0.15, 0.2) is 0 Å². The molecule has 3 fully saturated rings. The lowest BCUT2D eigenvalue weighted by molar-refractivity contribution is -0.125. The minimum absolute atomic E-state index is 0.00183.